The zero-order chi connectivity index (χ0) is 20.0. The molecule has 1 aromatic carbocycles. The van der Waals surface area contributed by atoms with Crippen LogP contribution in [0.1, 0.15) is 41.5 Å². The van der Waals surface area contributed by atoms with Gasteiger partial charge in [0.2, 0.25) is 10.0 Å². The molecular formula is C18H22N2O5S2. The molecule has 27 heavy (non-hydrogen) atoms. The van der Waals surface area contributed by atoms with E-state index in [4.69, 9.17) is 9.88 Å². The Morgan fingerprint density at radius 2 is 1.85 bits per heavy atom. The summed E-state index contributed by atoms with van der Waals surface area (Å²) in [7, 11) is -4.03. The largest absolute Gasteiger partial charge is 0.451 e. The first kappa shape index (κ1) is 21.1. The molecule has 0 saturated heterocycles. The van der Waals surface area contributed by atoms with Crippen LogP contribution in [0.2, 0.25) is 0 Å². The number of primary sulfonamides is 1. The minimum atomic E-state index is -4.03. The molecule has 1 heterocycles. The van der Waals surface area contributed by atoms with Gasteiger partial charge in [-0.2, -0.15) is 0 Å². The van der Waals surface area contributed by atoms with Crippen LogP contribution >= 0.6 is 11.3 Å². The number of nitrogens with one attached hydrogen (secondary N) is 1. The second-order valence-corrected chi connectivity index (χ2v) is 8.84. The molecule has 0 aliphatic heterocycles. The fourth-order valence-electron chi connectivity index (χ4n) is 2.54. The van der Waals surface area contributed by atoms with E-state index < -0.39 is 28.5 Å². The van der Waals surface area contributed by atoms with Crippen LogP contribution in [0, 0.1) is 5.92 Å². The molecule has 0 bridgehead atoms. The third kappa shape index (κ3) is 6.16. The molecule has 0 spiro atoms. The SMILES string of the molecule is CC(C)CC(NC(=O)COC(=O)c1sccc1S(N)(=O)=O)c1ccccc1. The van der Waals surface area contributed by atoms with Crippen molar-refractivity contribution >= 4 is 33.2 Å². The van der Waals surface area contributed by atoms with Gasteiger partial charge in [-0.05, 0) is 29.3 Å². The maximum absolute atomic E-state index is 12.2. The van der Waals surface area contributed by atoms with Crippen LogP contribution in [0.5, 0.6) is 0 Å². The molecule has 1 atom stereocenters. The third-order valence-corrected chi connectivity index (χ3v) is 5.68. The van der Waals surface area contributed by atoms with Crippen molar-refractivity contribution in [3.05, 3.63) is 52.2 Å². The van der Waals surface area contributed by atoms with E-state index in [2.05, 4.69) is 5.32 Å². The Morgan fingerprint density at radius 1 is 1.19 bits per heavy atom. The minimum absolute atomic E-state index is 0.146. The van der Waals surface area contributed by atoms with Gasteiger partial charge in [-0.3, -0.25) is 4.79 Å². The van der Waals surface area contributed by atoms with Crippen LogP contribution in [0.4, 0.5) is 0 Å². The van der Waals surface area contributed by atoms with E-state index in [-0.39, 0.29) is 15.8 Å². The fourth-order valence-corrected chi connectivity index (χ4v) is 4.40. The molecule has 1 amide bonds. The number of amides is 1. The van der Waals surface area contributed by atoms with Crippen molar-refractivity contribution in [3.63, 3.8) is 0 Å². The van der Waals surface area contributed by atoms with Crippen molar-refractivity contribution in [1.29, 1.82) is 0 Å². The Morgan fingerprint density at radius 3 is 2.44 bits per heavy atom. The number of sulfonamides is 1. The Kier molecular flexibility index (Phi) is 7.11. The molecule has 2 aromatic rings. The number of esters is 1. The molecule has 1 unspecified atom stereocenters. The van der Waals surface area contributed by atoms with E-state index in [0.717, 1.165) is 23.3 Å². The number of carbonyl (C=O) groups excluding carboxylic acids is 2. The first-order valence-electron chi connectivity index (χ1n) is 8.30. The number of thiophene rings is 1. The summed E-state index contributed by atoms with van der Waals surface area (Å²) in [6, 6.07) is 10.5. The molecular weight excluding hydrogens is 388 g/mol. The Balaban J connectivity index is 2.00. The highest BCUT2D eigenvalue weighted by Gasteiger charge is 2.23. The average molecular weight is 411 g/mol. The van der Waals surface area contributed by atoms with Gasteiger partial charge in [-0.1, -0.05) is 44.2 Å². The van der Waals surface area contributed by atoms with Crippen molar-refractivity contribution in [1.82, 2.24) is 5.32 Å². The minimum Gasteiger partial charge on any atom is -0.451 e. The van der Waals surface area contributed by atoms with E-state index in [1.54, 1.807) is 0 Å². The van der Waals surface area contributed by atoms with Crippen LogP contribution in [0.3, 0.4) is 0 Å². The van der Waals surface area contributed by atoms with E-state index in [1.165, 1.54) is 11.4 Å². The van der Waals surface area contributed by atoms with Gasteiger partial charge in [0, 0.05) is 0 Å². The van der Waals surface area contributed by atoms with Gasteiger partial charge >= 0.3 is 5.97 Å². The predicted molar refractivity (Wildman–Crippen MR) is 103 cm³/mol. The lowest BCUT2D eigenvalue weighted by atomic mass is 9.97. The number of hydrogen-bond donors (Lipinski definition) is 2. The van der Waals surface area contributed by atoms with Crippen molar-refractivity contribution in [2.45, 2.75) is 31.2 Å². The topological polar surface area (TPSA) is 116 Å². The van der Waals surface area contributed by atoms with E-state index in [0.29, 0.717) is 5.92 Å². The fraction of sp³-hybridized carbons (Fsp3) is 0.333. The van der Waals surface area contributed by atoms with E-state index in [9.17, 15) is 18.0 Å². The summed E-state index contributed by atoms with van der Waals surface area (Å²) >= 11 is 0.890. The summed E-state index contributed by atoms with van der Waals surface area (Å²) in [5, 5.41) is 9.34. The number of carbonyl (C=O) groups is 2. The average Bonchev–Trinajstić information content (AvgIpc) is 3.10. The van der Waals surface area contributed by atoms with Gasteiger partial charge in [0.25, 0.3) is 5.91 Å². The van der Waals surface area contributed by atoms with Gasteiger partial charge in [0.05, 0.1) is 6.04 Å². The zero-order valence-electron chi connectivity index (χ0n) is 15.0. The molecule has 7 nitrogen and oxygen atoms in total. The van der Waals surface area contributed by atoms with E-state index in [1.807, 2.05) is 44.2 Å². The second kappa shape index (κ2) is 9.12. The number of rotatable bonds is 8. The highest BCUT2D eigenvalue weighted by atomic mass is 32.2. The molecule has 0 aliphatic rings. The molecule has 3 N–H and O–H groups in total. The lowest BCUT2D eigenvalue weighted by Gasteiger charge is -2.21. The van der Waals surface area contributed by atoms with Crippen molar-refractivity contribution < 1.29 is 22.7 Å². The van der Waals surface area contributed by atoms with Gasteiger partial charge in [-0.15, -0.1) is 11.3 Å². The lowest BCUT2D eigenvalue weighted by Crippen LogP contribution is -2.33. The first-order valence-corrected chi connectivity index (χ1v) is 10.7. The molecule has 2 rings (SSSR count). The summed E-state index contributed by atoms with van der Waals surface area (Å²) in [5.41, 5.74) is 0.959. The smallest absolute Gasteiger partial charge is 0.350 e. The molecule has 0 saturated carbocycles. The molecule has 0 radical (unpaired) electrons. The van der Waals surface area contributed by atoms with Crippen LogP contribution < -0.4 is 10.5 Å². The number of benzene rings is 1. The van der Waals surface area contributed by atoms with Crippen LogP contribution in [-0.2, 0) is 19.6 Å². The highest BCUT2D eigenvalue weighted by molar-refractivity contribution is 7.89. The Bertz CT molecular complexity index is 891. The number of nitrogens with two attached hydrogens (primary N) is 1. The highest BCUT2D eigenvalue weighted by Crippen LogP contribution is 2.22. The van der Waals surface area contributed by atoms with Gasteiger partial charge in [0.1, 0.15) is 9.77 Å². The summed E-state index contributed by atoms with van der Waals surface area (Å²) in [5.74, 6) is -1.02. The normalized spacial score (nSPS) is 12.6. The van der Waals surface area contributed by atoms with Crippen molar-refractivity contribution in [2.75, 3.05) is 6.61 Å². The van der Waals surface area contributed by atoms with Crippen molar-refractivity contribution in [3.8, 4) is 0 Å². The van der Waals surface area contributed by atoms with Gasteiger partial charge in [0.15, 0.2) is 6.61 Å². The zero-order valence-corrected chi connectivity index (χ0v) is 16.7. The number of ether oxygens (including phenoxy) is 1. The van der Waals surface area contributed by atoms with Gasteiger partial charge in [-0.25, -0.2) is 18.4 Å². The first-order chi connectivity index (χ1) is 12.7. The standard InChI is InChI=1S/C18H22N2O5S2/c1-12(2)10-14(13-6-4-3-5-7-13)20-16(21)11-25-18(22)17-15(8-9-26-17)27(19,23)24/h3-9,12,14H,10-11H2,1-2H3,(H,20,21)(H2,19,23,24). The predicted octanol–water partition coefficient (Wildman–Crippen LogP) is 2.46. The van der Waals surface area contributed by atoms with Gasteiger partial charge < -0.3 is 10.1 Å². The van der Waals surface area contributed by atoms with Crippen LogP contribution in [0.25, 0.3) is 0 Å². The van der Waals surface area contributed by atoms with Crippen LogP contribution in [-0.4, -0.2) is 26.9 Å². The maximum atomic E-state index is 12.2. The summed E-state index contributed by atoms with van der Waals surface area (Å²) in [6.07, 6.45) is 0.726. The second-order valence-electron chi connectivity index (χ2n) is 6.40. The summed E-state index contributed by atoms with van der Waals surface area (Å²) in [4.78, 5) is 23.9. The number of hydrogen-bond acceptors (Lipinski definition) is 6. The summed E-state index contributed by atoms with van der Waals surface area (Å²) in [6.45, 7) is 3.59. The molecule has 146 valence electrons. The monoisotopic (exact) mass is 410 g/mol. The van der Waals surface area contributed by atoms with Crippen molar-refractivity contribution in [2.24, 2.45) is 11.1 Å². The van der Waals surface area contributed by atoms with E-state index >= 15 is 0 Å². The van der Waals surface area contributed by atoms with Crippen LogP contribution in [0.15, 0.2) is 46.7 Å². The Labute approximate surface area is 162 Å². The Hall–Kier alpha value is -2.23. The molecule has 1 aromatic heterocycles. The molecule has 0 aliphatic carbocycles. The molecule has 0 fully saturated rings. The lowest BCUT2D eigenvalue weighted by molar-refractivity contribution is -0.125. The third-order valence-electron chi connectivity index (χ3n) is 3.70. The molecule has 9 heteroatoms. The quantitative estimate of drug-likeness (QED) is 0.649. The maximum Gasteiger partial charge on any atom is 0.350 e. The summed E-state index contributed by atoms with van der Waals surface area (Å²) < 4.78 is 27.9.